The Morgan fingerprint density at radius 3 is 2.45 bits per heavy atom. The smallest absolute Gasteiger partial charge is 0.175 e. The van der Waals surface area contributed by atoms with Crippen LogP contribution in [-0.4, -0.2) is 5.78 Å². The molecule has 0 spiro atoms. The van der Waals surface area contributed by atoms with Gasteiger partial charge in [-0.3, -0.25) is 4.79 Å². The van der Waals surface area contributed by atoms with Gasteiger partial charge in [-0.05, 0) is 41.5 Å². The third kappa shape index (κ3) is 2.57. The highest BCUT2D eigenvalue weighted by atomic mass is 32.1. The van der Waals surface area contributed by atoms with Crippen LogP contribution in [0.15, 0.2) is 36.4 Å². The normalized spacial score (nSPS) is 15.3. The summed E-state index contributed by atoms with van der Waals surface area (Å²) in [6.07, 6.45) is 2.15. The summed E-state index contributed by atoms with van der Waals surface area (Å²) >= 11 is 1.64. The molecule has 1 aliphatic rings. The van der Waals surface area contributed by atoms with Crippen LogP contribution in [0.25, 0.3) is 10.4 Å². The van der Waals surface area contributed by atoms with E-state index in [1.54, 1.807) is 11.3 Å². The molecule has 0 bridgehead atoms. The Hall–Kier alpha value is -1.41. The number of thiophene rings is 1. The number of carbonyl (C=O) groups is 1. The number of hydrogen-bond donors (Lipinski definition) is 0. The molecule has 1 fully saturated rings. The Kier molecular flexibility index (Phi) is 3.29. The lowest BCUT2D eigenvalue weighted by Crippen LogP contribution is -2.12. The van der Waals surface area contributed by atoms with E-state index in [1.807, 2.05) is 6.07 Å². The molecule has 1 aromatic heterocycles. The fourth-order valence-electron chi connectivity index (χ4n) is 2.51. The molecule has 0 atom stereocenters. The second-order valence-electron chi connectivity index (χ2n) is 6.60. The summed E-state index contributed by atoms with van der Waals surface area (Å²) in [5.74, 6) is 0.647. The zero-order valence-corrected chi connectivity index (χ0v) is 13.1. The predicted octanol–water partition coefficient (Wildman–Crippen LogP) is 5.31. The van der Waals surface area contributed by atoms with Gasteiger partial charge in [-0.25, -0.2) is 0 Å². The molecule has 1 saturated carbocycles. The maximum Gasteiger partial charge on any atom is 0.175 e. The maximum absolute atomic E-state index is 12.1. The molecule has 2 aromatic rings. The van der Waals surface area contributed by atoms with Crippen LogP contribution in [0.4, 0.5) is 0 Å². The number of rotatable bonds is 3. The molecule has 1 heterocycles. The molecule has 3 rings (SSSR count). The quantitative estimate of drug-likeness (QED) is 0.698. The first kappa shape index (κ1) is 13.6. The van der Waals surface area contributed by atoms with Gasteiger partial charge in [-0.2, -0.15) is 0 Å². The van der Waals surface area contributed by atoms with E-state index in [0.717, 1.165) is 17.7 Å². The van der Waals surface area contributed by atoms with Crippen LogP contribution in [0.5, 0.6) is 0 Å². The first-order chi connectivity index (χ1) is 9.47. The molecular formula is C18H20OS. The highest BCUT2D eigenvalue weighted by Gasteiger charge is 2.31. The minimum atomic E-state index is 0.112. The molecule has 0 N–H and O–H groups in total. The Morgan fingerprint density at radius 1 is 1.10 bits per heavy atom. The monoisotopic (exact) mass is 284 g/mol. The van der Waals surface area contributed by atoms with Crippen LogP contribution in [0, 0.1) is 5.92 Å². The van der Waals surface area contributed by atoms with Gasteiger partial charge in [0.25, 0.3) is 0 Å². The molecule has 0 aliphatic heterocycles. The van der Waals surface area contributed by atoms with Crippen molar-refractivity contribution >= 4 is 17.1 Å². The van der Waals surface area contributed by atoms with Gasteiger partial charge in [0.2, 0.25) is 0 Å². The summed E-state index contributed by atoms with van der Waals surface area (Å²) in [6.45, 7) is 6.70. The Labute approximate surface area is 124 Å². The lowest BCUT2D eigenvalue weighted by atomic mass is 9.83. The third-order valence-electron chi connectivity index (χ3n) is 3.80. The minimum Gasteiger partial charge on any atom is -0.293 e. The molecule has 0 saturated heterocycles. The molecule has 0 radical (unpaired) electrons. The minimum absolute atomic E-state index is 0.112. The van der Waals surface area contributed by atoms with E-state index in [1.165, 1.54) is 16.0 Å². The van der Waals surface area contributed by atoms with Gasteiger partial charge in [0.05, 0.1) is 4.88 Å². The molecule has 0 unspecified atom stereocenters. The number of hydrogen-bond acceptors (Lipinski definition) is 2. The van der Waals surface area contributed by atoms with Gasteiger partial charge in [-0.15, -0.1) is 11.3 Å². The zero-order chi connectivity index (χ0) is 14.3. The van der Waals surface area contributed by atoms with E-state index in [9.17, 15) is 4.79 Å². The third-order valence-corrected chi connectivity index (χ3v) is 4.93. The fraction of sp³-hybridized carbons (Fsp3) is 0.389. The Balaban J connectivity index is 1.99. The van der Waals surface area contributed by atoms with Crippen molar-refractivity contribution in [3.8, 4) is 10.4 Å². The summed E-state index contributed by atoms with van der Waals surface area (Å²) in [5.41, 5.74) is 2.72. The van der Waals surface area contributed by atoms with Crippen molar-refractivity contribution < 1.29 is 4.79 Å². The van der Waals surface area contributed by atoms with E-state index in [4.69, 9.17) is 0 Å². The van der Waals surface area contributed by atoms with Crippen LogP contribution in [-0.2, 0) is 5.41 Å². The van der Waals surface area contributed by atoms with E-state index in [0.29, 0.717) is 11.7 Å². The van der Waals surface area contributed by atoms with E-state index in [2.05, 4.69) is 51.1 Å². The fourth-order valence-corrected chi connectivity index (χ4v) is 3.58. The molecule has 20 heavy (non-hydrogen) atoms. The average molecular weight is 284 g/mol. The van der Waals surface area contributed by atoms with Gasteiger partial charge in [0.1, 0.15) is 0 Å². The molecule has 104 valence electrons. The summed E-state index contributed by atoms with van der Waals surface area (Å²) in [6, 6.07) is 12.6. The van der Waals surface area contributed by atoms with Gasteiger partial charge in [0.15, 0.2) is 5.78 Å². The second kappa shape index (κ2) is 4.85. The van der Waals surface area contributed by atoms with Gasteiger partial charge >= 0.3 is 0 Å². The van der Waals surface area contributed by atoms with Crippen LogP contribution in [0.2, 0.25) is 0 Å². The van der Waals surface area contributed by atoms with Gasteiger partial charge in [-0.1, -0.05) is 45.0 Å². The molecule has 1 nitrogen and oxygen atoms in total. The highest BCUT2D eigenvalue weighted by Crippen LogP contribution is 2.39. The van der Waals surface area contributed by atoms with E-state index < -0.39 is 0 Å². The number of carbonyl (C=O) groups excluding carboxylic acids is 1. The topological polar surface area (TPSA) is 17.1 Å². The lowest BCUT2D eigenvalue weighted by molar-refractivity contribution is 0.0971. The SMILES string of the molecule is CC(C)(C)c1ccccc1-c1ccc(C(=O)C2CC2)s1. The van der Waals surface area contributed by atoms with Crippen molar-refractivity contribution in [2.24, 2.45) is 5.92 Å². The number of ketones is 1. The largest absolute Gasteiger partial charge is 0.293 e. The molecule has 0 amide bonds. The first-order valence-corrected chi connectivity index (χ1v) is 8.02. The Bertz CT molecular complexity index is 641. The van der Waals surface area contributed by atoms with E-state index >= 15 is 0 Å². The zero-order valence-electron chi connectivity index (χ0n) is 12.3. The summed E-state index contributed by atoms with van der Waals surface area (Å²) < 4.78 is 0. The molecule has 1 aliphatic carbocycles. The van der Waals surface area contributed by atoms with Gasteiger partial charge < -0.3 is 0 Å². The standard InChI is InChI=1S/C18H20OS/c1-18(2,3)14-7-5-4-6-13(14)15-10-11-16(20-15)17(19)12-8-9-12/h4-7,10-12H,8-9H2,1-3H3. The van der Waals surface area contributed by atoms with Crippen molar-refractivity contribution in [1.29, 1.82) is 0 Å². The second-order valence-corrected chi connectivity index (χ2v) is 7.68. The van der Waals surface area contributed by atoms with Crippen molar-refractivity contribution in [3.05, 3.63) is 46.8 Å². The average Bonchev–Trinajstić information content (AvgIpc) is 3.14. The first-order valence-electron chi connectivity index (χ1n) is 7.21. The molecule has 1 aromatic carbocycles. The Morgan fingerprint density at radius 2 is 1.80 bits per heavy atom. The van der Waals surface area contributed by atoms with Crippen LogP contribution < -0.4 is 0 Å². The number of benzene rings is 1. The van der Waals surface area contributed by atoms with Crippen LogP contribution in [0.3, 0.4) is 0 Å². The summed E-state index contributed by atoms with van der Waals surface area (Å²) in [5, 5.41) is 0. The van der Waals surface area contributed by atoms with Crippen LogP contribution >= 0.6 is 11.3 Å². The molecule has 2 heteroatoms. The van der Waals surface area contributed by atoms with Crippen LogP contribution in [0.1, 0.15) is 48.8 Å². The van der Waals surface area contributed by atoms with Crippen molar-refractivity contribution in [2.75, 3.05) is 0 Å². The molecular weight excluding hydrogens is 264 g/mol. The number of Topliss-reactive ketones (excluding diaryl/α,β-unsaturated/α-hetero) is 1. The lowest BCUT2D eigenvalue weighted by Gasteiger charge is -2.22. The van der Waals surface area contributed by atoms with Crippen molar-refractivity contribution in [1.82, 2.24) is 0 Å². The van der Waals surface area contributed by atoms with E-state index in [-0.39, 0.29) is 5.41 Å². The van der Waals surface area contributed by atoms with Crippen molar-refractivity contribution in [2.45, 2.75) is 39.0 Å². The predicted molar refractivity (Wildman–Crippen MR) is 85.5 cm³/mol. The summed E-state index contributed by atoms with van der Waals surface area (Å²) in [7, 11) is 0. The summed E-state index contributed by atoms with van der Waals surface area (Å²) in [4.78, 5) is 14.3. The van der Waals surface area contributed by atoms with Gasteiger partial charge in [0, 0.05) is 10.8 Å². The highest BCUT2D eigenvalue weighted by molar-refractivity contribution is 7.17. The maximum atomic E-state index is 12.1. The van der Waals surface area contributed by atoms with Crippen molar-refractivity contribution in [3.63, 3.8) is 0 Å².